The Morgan fingerprint density at radius 1 is 0.675 bits per heavy atom. The van der Waals surface area contributed by atoms with Crippen LogP contribution in [0.1, 0.15) is 63.4 Å². The van der Waals surface area contributed by atoms with Crippen LogP contribution in [-0.4, -0.2) is 67.3 Å². The minimum Gasteiger partial charge on any atom is -0.370 e. The van der Waals surface area contributed by atoms with Crippen LogP contribution in [0.3, 0.4) is 0 Å². The second-order valence-electron chi connectivity index (χ2n) is 9.68. The van der Waals surface area contributed by atoms with E-state index in [1.165, 1.54) is 0 Å². The van der Waals surface area contributed by atoms with Gasteiger partial charge in [0.1, 0.15) is 18.1 Å². The first-order valence-electron chi connectivity index (χ1n) is 13.9. The predicted octanol–water partition coefficient (Wildman–Crippen LogP) is -1.13. The van der Waals surface area contributed by atoms with E-state index in [-0.39, 0.29) is 31.3 Å². The second-order valence-corrected chi connectivity index (χ2v) is 9.68. The van der Waals surface area contributed by atoms with Crippen molar-refractivity contribution in [2.75, 3.05) is 19.6 Å². The number of hydrogen-bond acceptors (Lipinski definition) is 7. The number of unbranched alkanes of at least 4 members (excludes halogenated alkanes) is 3. The van der Waals surface area contributed by atoms with Gasteiger partial charge in [0, 0.05) is 6.54 Å². The van der Waals surface area contributed by atoms with Crippen molar-refractivity contribution in [3.05, 3.63) is 35.9 Å². The Hall–Kier alpha value is -3.71. The number of carbonyl (C=O) groups excluding carboxylic acids is 4. The monoisotopic (exact) mass is 561 g/mol. The summed E-state index contributed by atoms with van der Waals surface area (Å²) < 4.78 is 0. The SMILES string of the molecule is NCCCCC[C@H](NC(=O)[C@H](CCCCN)NC(=O)Cc1ccccc1)C(=O)N[C@@H](CCCN=C(N)N)C(N)=O. The number of guanidine groups is 1. The summed E-state index contributed by atoms with van der Waals surface area (Å²) >= 11 is 0. The zero-order valence-electron chi connectivity index (χ0n) is 23.3. The van der Waals surface area contributed by atoms with Crippen molar-refractivity contribution in [2.24, 2.45) is 33.7 Å². The van der Waals surface area contributed by atoms with E-state index in [1.54, 1.807) is 0 Å². The number of nitrogens with two attached hydrogens (primary N) is 5. The molecule has 0 aromatic heterocycles. The van der Waals surface area contributed by atoms with Crippen LogP contribution in [0, 0.1) is 0 Å². The molecule has 0 heterocycles. The summed E-state index contributed by atoms with van der Waals surface area (Å²) in [6, 6.07) is 6.44. The number of rotatable bonds is 21. The molecule has 0 radical (unpaired) electrons. The summed E-state index contributed by atoms with van der Waals surface area (Å²) in [7, 11) is 0. The molecule has 1 aromatic rings. The summed E-state index contributed by atoms with van der Waals surface area (Å²) in [5, 5.41) is 8.23. The average molecular weight is 562 g/mol. The third kappa shape index (κ3) is 15.0. The average Bonchev–Trinajstić information content (AvgIpc) is 2.91. The number of hydrogen-bond donors (Lipinski definition) is 8. The van der Waals surface area contributed by atoms with Crippen molar-refractivity contribution < 1.29 is 19.2 Å². The molecule has 4 amide bonds. The normalized spacial score (nSPS) is 12.9. The third-order valence-electron chi connectivity index (χ3n) is 6.24. The number of benzene rings is 1. The molecule has 0 aliphatic rings. The zero-order chi connectivity index (χ0) is 29.8. The van der Waals surface area contributed by atoms with Gasteiger partial charge in [0.05, 0.1) is 6.42 Å². The van der Waals surface area contributed by atoms with E-state index in [0.717, 1.165) is 18.4 Å². The fourth-order valence-corrected chi connectivity index (χ4v) is 4.06. The molecule has 0 aliphatic heterocycles. The molecule has 3 atom stereocenters. The van der Waals surface area contributed by atoms with E-state index in [2.05, 4.69) is 20.9 Å². The van der Waals surface area contributed by atoms with Gasteiger partial charge in [-0.1, -0.05) is 43.2 Å². The van der Waals surface area contributed by atoms with Gasteiger partial charge >= 0.3 is 0 Å². The molecular weight excluding hydrogens is 514 g/mol. The summed E-state index contributed by atoms with van der Waals surface area (Å²) in [6.07, 6.45) is 4.90. The van der Waals surface area contributed by atoms with Gasteiger partial charge in [-0.05, 0) is 63.6 Å². The molecule has 13 N–H and O–H groups in total. The molecule has 0 saturated heterocycles. The highest BCUT2D eigenvalue weighted by atomic mass is 16.2. The third-order valence-corrected chi connectivity index (χ3v) is 6.24. The quantitative estimate of drug-likeness (QED) is 0.0517. The highest BCUT2D eigenvalue weighted by molar-refractivity contribution is 5.94. The van der Waals surface area contributed by atoms with Gasteiger partial charge in [-0.2, -0.15) is 0 Å². The Kier molecular flexibility index (Phi) is 17.4. The fourth-order valence-electron chi connectivity index (χ4n) is 4.06. The van der Waals surface area contributed by atoms with E-state index >= 15 is 0 Å². The maximum absolute atomic E-state index is 13.3. The minimum absolute atomic E-state index is 0.0724. The fraction of sp³-hybridized carbons (Fsp3) is 0.593. The number of amides is 4. The zero-order valence-corrected chi connectivity index (χ0v) is 23.3. The van der Waals surface area contributed by atoms with Gasteiger partial charge in [0.15, 0.2) is 5.96 Å². The van der Waals surface area contributed by atoms with Crippen LogP contribution in [0.15, 0.2) is 35.3 Å². The summed E-state index contributed by atoms with van der Waals surface area (Å²) in [6.45, 7) is 1.24. The molecule has 13 heteroatoms. The molecule has 1 aromatic carbocycles. The van der Waals surface area contributed by atoms with Crippen molar-refractivity contribution in [3.8, 4) is 0 Å². The van der Waals surface area contributed by atoms with Crippen LogP contribution in [0.2, 0.25) is 0 Å². The molecular formula is C27H47N9O4. The van der Waals surface area contributed by atoms with Gasteiger partial charge in [-0.3, -0.25) is 24.2 Å². The molecule has 0 aliphatic carbocycles. The largest absolute Gasteiger partial charge is 0.370 e. The summed E-state index contributed by atoms with van der Waals surface area (Å²) in [5.74, 6) is -2.11. The molecule has 0 bridgehead atoms. The number of aliphatic imine (C=N–C) groups is 1. The highest BCUT2D eigenvalue weighted by Crippen LogP contribution is 2.09. The van der Waals surface area contributed by atoms with Crippen molar-refractivity contribution in [1.82, 2.24) is 16.0 Å². The first kappa shape index (κ1) is 34.3. The molecule has 0 saturated carbocycles. The number of carbonyl (C=O) groups is 4. The molecule has 0 fully saturated rings. The number of nitrogens with one attached hydrogen (secondary N) is 3. The predicted molar refractivity (Wildman–Crippen MR) is 155 cm³/mol. The molecule has 40 heavy (non-hydrogen) atoms. The lowest BCUT2D eigenvalue weighted by Gasteiger charge is -2.25. The highest BCUT2D eigenvalue weighted by Gasteiger charge is 2.28. The van der Waals surface area contributed by atoms with E-state index in [0.29, 0.717) is 51.6 Å². The van der Waals surface area contributed by atoms with Crippen LogP contribution < -0.4 is 44.6 Å². The second kappa shape index (κ2) is 20.2. The Labute approximate surface area is 236 Å². The van der Waals surface area contributed by atoms with Gasteiger partial charge in [0.2, 0.25) is 23.6 Å². The lowest BCUT2D eigenvalue weighted by Crippen LogP contribution is -2.56. The van der Waals surface area contributed by atoms with E-state index < -0.39 is 35.8 Å². The van der Waals surface area contributed by atoms with Crippen molar-refractivity contribution in [2.45, 2.75) is 82.3 Å². The standard InChI is InChI=1S/C27H47N9O4/c28-15-7-2-5-12-22(26(40)35-20(24(30)38)14-9-17-33-27(31)32)36-25(39)21(13-6-8-16-29)34-23(37)18-19-10-3-1-4-11-19/h1,3-4,10-11,20-22H,2,5-9,12-18,28-29H2,(H2,30,38)(H,34,37)(H,35,40)(H,36,39)(H4,31,32,33)/t20-,21-,22-/m0/s1. The summed E-state index contributed by atoms with van der Waals surface area (Å²) in [4.78, 5) is 55.1. The van der Waals surface area contributed by atoms with Crippen molar-refractivity contribution in [1.29, 1.82) is 0 Å². The number of primary amides is 1. The van der Waals surface area contributed by atoms with E-state index in [1.807, 2.05) is 30.3 Å². The van der Waals surface area contributed by atoms with Crippen LogP contribution in [0.4, 0.5) is 0 Å². The lowest BCUT2D eigenvalue weighted by molar-refractivity contribution is -0.133. The molecule has 1 rings (SSSR count). The maximum atomic E-state index is 13.3. The Balaban J connectivity index is 2.95. The van der Waals surface area contributed by atoms with E-state index in [9.17, 15) is 19.2 Å². The van der Waals surface area contributed by atoms with Crippen LogP contribution in [0.5, 0.6) is 0 Å². The lowest BCUT2D eigenvalue weighted by atomic mass is 10.0. The summed E-state index contributed by atoms with van der Waals surface area (Å²) in [5.41, 5.74) is 28.2. The maximum Gasteiger partial charge on any atom is 0.243 e. The Morgan fingerprint density at radius 2 is 1.20 bits per heavy atom. The van der Waals surface area contributed by atoms with E-state index in [4.69, 9.17) is 28.7 Å². The van der Waals surface area contributed by atoms with Gasteiger partial charge in [0.25, 0.3) is 0 Å². The first-order chi connectivity index (χ1) is 19.2. The smallest absolute Gasteiger partial charge is 0.243 e. The Bertz CT molecular complexity index is 939. The van der Waals surface area contributed by atoms with Crippen molar-refractivity contribution in [3.63, 3.8) is 0 Å². The van der Waals surface area contributed by atoms with Crippen LogP contribution >= 0.6 is 0 Å². The minimum atomic E-state index is -0.962. The van der Waals surface area contributed by atoms with Crippen molar-refractivity contribution >= 4 is 29.6 Å². The van der Waals surface area contributed by atoms with Crippen LogP contribution in [0.25, 0.3) is 0 Å². The number of nitrogens with zero attached hydrogens (tertiary/aromatic N) is 1. The molecule has 0 spiro atoms. The van der Waals surface area contributed by atoms with Gasteiger partial charge in [-0.25, -0.2) is 0 Å². The topological polar surface area (TPSA) is 247 Å². The van der Waals surface area contributed by atoms with Gasteiger partial charge in [-0.15, -0.1) is 0 Å². The van der Waals surface area contributed by atoms with Crippen LogP contribution in [-0.2, 0) is 25.6 Å². The Morgan fingerprint density at radius 3 is 1.77 bits per heavy atom. The first-order valence-corrected chi connectivity index (χ1v) is 13.9. The molecule has 0 unspecified atom stereocenters. The molecule has 224 valence electrons. The molecule has 13 nitrogen and oxygen atoms in total. The van der Waals surface area contributed by atoms with Gasteiger partial charge < -0.3 is 44.6 Å².